The fourth-order valence-corrected chi connectivity index (χ4v) is 6.83. The molecule has 5 aliphatic rings. The molecule has 0 unspecified atom stereocenters. The highest BCUT2D eigenvalue weighted by molar-refractivity contribution is 5.94. The number of amides is 1. The highest BCUT2D eigenvalue weighted by Gasteiger charge is 2.56. The molecule has 4 aliphatic carbocycles. The third kappa shape index (κ3) is 2.69. The minimum Gasteiger partial charge on any atom is -0.327 e. The maximum Gasteiger partial charge on any atom is 0.254 e. The van der Waals surface area contributed by atoms with Gasteiger partial charge in [0.2, 0.25) is 0 Å². The molecule has 6 rings (SSSR count). The summed E-state index contributed by atoms with van der Waals surface area (Å²) in [4.78, 5) is 16.4. The van der Waals surface area contributed by atoms with Crippen LogP contribution in [-0.4, -0.2) is 42.5 Å². The minimum absolute atomic E-state index is 0.0598. The van der Waals surface area contributed by atoms with Crippen molar-refractivity contribution in [3.05, 3.63) is 35.6 Å². The van der Waals surface area contributed by atoms with Gasteiger partial charge >= 0.3 is 0 Å². The third-order valence-electron chi connectivity index (χ3n) is 7.53. The summed E-state index contributed by atoms with van der Waals surface area (Å²) in [5.41, 5.74) is 1.14. The zero-order chi connectivity index (χ0) is 17.0. The first-order chi connectivity index (χ1) is 12.1. The molecule has 3 nitrogen and oxygen atoms in total. The summed E-state index contributed by atoms with van der Waals surface area (Å²) in [5, 5.41) is 0. The summed E-state index contributed by atoms with van der Waals surface area (Å²) in [5.74, 6) is 2.73. The molecule has 134 valence electrons. The molecule has 0 atom stereocenters. The molecular weight excluding hydrogens is 315 g/mol. The average Bonchev–Trinajstić information content (AvgIpc) is 2.61. The van der Waals surface area contributed by atoms with Crippen molar-refractivity contribution in [1.29, 1.82) is 0 Å². The summed E-state index contributed by atoms with van der Waals surface area (Å²) in [7, 11) is 0. The van der Waals surface area contributed by atoms with Gasteiger partial charge in [-0.05, 0) is 61.3 Å². The molecule has 0 spiro atoms. The van der Waals surface area contributed by atoms with E-state index >= 15 is 0 Å². The van der Waals surface area contributed by atoms with Crippen molar-refractivity contribution in [1.82, 2.24) is 4.90 Å². The van der Waals surface area contributed by atoms with Crippen LogP contribution < -0.4 is 4.90 Å². The first-order valence-corrected chi connectivity index (χ1v) is 10.0. The van der Waals surface area contributed by atoms with E-state index in [0.29, 0.717) is 11.1 Å². The Morgan fingerprint density at radius 2 is 1.48 bits per heavy atom. The summed E-state index contributed by atoms with van der Waals surface area (Å²) in [6.07, 6.45) is 8.76. The highest BCUT2D eigenvalue weighted by atomic mass is 19.1. The van der Waals surface area contributed by atoms with Crippen LogP contribution >= 0.6 is 0 Å². The zero-order valence-corrected chi connectivity index (χ0v) is 14.8. The molecule has 0 aromatic heterocycles. The first kappa shape index (κ1) is 15.8. The number of halogens is 1. The van der Waals surface area contributed by atoms with E-state index in [1.807, 2.05) is 4.90 Å². The normalized spacial score (nSPS) is 37.5. The first-order valence-electron chi connectivity index (χ1n) is 10.0. The van der Waals surface area contributed by atoms with Gasteiger partial charge in [0.15, 0.2) is 0 Å². The van der Waals surface area contributed by atoms with E-state index in [2.05, 4.69) is 0 Å². The van der Waals surface area contributed by atoms with Crippen molar-refractivity contribution in [3.8, 4) is 0 Å². The Bertz CT molecular complexity index is 628. The number of carbonyl (C=O) groups is 1. The fourth-order valence-electron chi connectivity index (χ4n) is 6.83. The fraction of sp³-hybridized carbons (Fsp3) is 0.667. The van der Waals surface area contributed by atoms with Gasteiger partial charge < -0.3 is 9.80 Å². The van der Waals surface area contributed by atoms with E-state index in [1.165, 1.54) is 50.7 Å². The van der Waals surface area contributed by atoms with Gasteiger partial charge in [-0.15, -0.1) is 0 Å². The second-order valence-corrected chi connectivity index (χ2v) is 9.10. The standard InChI is InChI=1S/C21H27FN2O/c22-19-3-1-18(2-4-19)20(25)23-5-7-24(8-6-23)21-12-15-9-16(13-21)11-17(10-15)14-21/h1-4,15-17H,5-14H2/p+1. The van der Waals surface area contributed by atoms with Crippen molar-refractivity contribution in [2.75, 3.05) is 26.2 Å². The van der Waals surface area contributed by atoms with E-state index in [4.69, 9.17) is 0 Å². The zero-order valence-electron chi connectivity index (χ0n) is 14.8. The van der Waals surface area contributed by atoms with E-state index in [-0.39, 0.29) is 11.7 Å². The molecule has 4 bridgehead atoms. The Labute approximate surface area is 149 Å². The minimum atomic E-state index is -0.285. The van der Waals surface area contributed by atoms with Crippen LogP contribution in [0, 0.1) is 23.6 Å². The summed E-state index contributed by atoms with van der Waals surface area (Å²) >= 11 is 0. The third-order valence-corrected chi connectivity index (χ3v) is 7.53. The van der Waals surface area contributed by atoms with Crippen molar-refractivity contribution in [2.45, 2.75) is 44.1 Å². The van der Waals surface area contributed by atoms with Gasteiger partial charge in [0.1, 0.15) is 5.82 Å². The van der Waals surface area contributed by atoms with Crippen LogP contribution in [0.4, 0.5) is 4.39 Å². The Morgan fingerprint density at radius 3 is 2.00 bits per heavy atom. The molecule has 1 saturated heterocycles. The van der Waals surface area contributed by atoms with Crippen LogP contribution in [0.15, 0.2) is 24.3 Å². The molecule has 4 heteroatoms. The van der Waals surface area contributed by atoms with Gasteiger partial charge in [0.25, 0.3) is 5.91 Å². The van der Waals surface area contributed by atoms with Crippen LogP contribution in [0.3, 0.4) is 0 Å². The Balaban J connectivity index is 1.26. The number of benzene rings is 1. The molecule has 1 amide bonds. The molecule has 1 N–H and O–H groups in total. The average molecular weight is 343 g/mol. The van der Waals surface area contributed by atoms with Crippen LogP contribution in [0.2, 0.25) is 0 Å². The van der Waals surface area contributed by atoms with Gasteiger partial charge in [0.05, 0.1) is 31.7 Å². The number of rotatable bonds is 2. The van der Waals surface area contributed by atoms with Gasteiger partial charge in [-0.3, -0.25) is 4.79 Å². The van der Waals surface area contributed by atoms with Crippen LogP contribution in [0.1, 0.15) is 48.9 Å². The maximum absolute atomic E-state index is 13.1. The number of nitrogens with zero attached hydrogens (tertiary/aromatic N) is 1. The lowest BCUT2D eigenvalue weighted by atomic mass is 9.52. The number of nitrogens with one attached hydrogen (secondary N) is 1. The molecule has 1 aliphatic heterocycles. The summed E-state index contributed by atoms with van der Waals surface area (Å²) in [6, 6.07) is 5.97. The molecule has 1 aromatic rings. The number of piperazine rings is 1. The lowest BCUT2D eigenvalue weighted by molar-refractivity contribution is -0.962. The van der Waals surface area contributed by atoms with Crippen molar-refractivity contribution < 1.29 is 14.1 Å². The smallest absolute Gasteiger partial charge is 0.254 e. The topological polar surface area (TPSA) is 24.8 Å². The Morgan fingerprint density at radius 1 is 0.960 bits per heavy atom. The lowest BCUT2D eigenvalue weighted by Crippen LogP contribution is -3.23. The van der Waals surface area contributed by atoms with Crippen LogP contribution in [-0.2, 0) is 0 Å². The Hall–Kier alpha value is -1.42. The largest absolute Gasteiger partial charge is 0.327 e. The molecular formula is C21H28FN2O+. The van der Waals surface area contributed by atoms with Crippen molar-refractivity contribution in [2.24, 2.45) is 17.8 Å². The second-order valence-electron chi connectivity index (χ2n) is 9.10. The van der Waals surface area contributed by atoms with Crippen LogP contribution in [0.5, 0.6) is 0 Å². The van der Waals surface area contributed by atoms with Gasteiger partial charge in [-0.2, -0.15) is 0 Å². The van der Waals surface area contributed by atoms with Crippen molar-refractivity contribution >= 4 is 5.91 Å². The van der Waals surface area contributed by atoms with E-state index in [1.54, 1.807) is 17.0 Å². The Kier molecular flexibility index (Phi) is 3.67. The highest BCUT2D eigenvalue weighted by Crippen LogP contribution is 2.54. The van der Waals surface area contributed by atoms with Gasteiger partial charge in [-0.1, -0.05) is 0 Å². The van der Waals surface area contributed by atoms with Gasteiger partial charge in [-0.25, -0.2) is 4.39 Å². The van der Waals surface area contributed by atoms with Crippen molar-refractivity contribution in [3.63, 3.8) is 0 Å². The van der Waals surface area contributed by atoms with E-state index < -0.39 is 0 Å². The molecule has 0 radical (unpaired) electrons. The molecule has 1 aromatic carbocycles. The predicted octanol–water partition coefficient (Wildman–Crippen LogP) is 2.14. The SMILES string of the molecule is O=C(c1ccc(F)cc1)N1CC[NH+](C23CC4CC(CC(C4)C2)C3)CC1. The van der Waals surface area contributed by atoms with E-state index in [0.717, 1.165) is 43.9 Å². The number of hydrogen-bond acceptors (Lipinski definition) is 1. The number of carbonyl (C=O) groups excluding carboxylic acids is 1. The maximum atomic E-state index is 13.1. The molecule has 4 saturated carbocycles. The molecule has 5 fully saturated rings. The number of hydrogen-bond donors (Lipinski definition) is 1. The van der Waals surface area contributed by atoms with Gasteiger partial charge in [0, 0.05) is 24.8 Å². The summed E-state index contributed by atoms with van der Waals surface area (Å²) < 4.78 is 13.1. The second kappa shape index (κ2) is 5.80. The van der Waals surface area contributed by atoms with E-state index in [9.17, 15) is 9.18 Å². The number of quaternary nitrogens is 1. The quantitative estimate of drug-likeness (QED) is 0.874. The van der Waals surface area contributed by atoms with Crippen LogP contribution in [0.25, 0.3) is 0 Å². The molecule has 1 heterocycles. The summed E-state index contributed by atoms with van der Waals surface area (Å²) in [6.45, 7) is 3.85. The monoisotopic (exact) mass is 343 g/mol. The predicted molar refractivity (Wildman–Crippen MR) is 93.9 cm³/mol. The molecule has 25 heavy (non-hydrogen) atoms. The lowest BCUT2D eigenvalue weighted by Gasteiger charge is -2.59.